The Morgan fingerprint density at radius 1 is 0.875 bits per heavy atom. The van der Waals surface area contributed by atoms with Crippen LogP contribution in [0.15, 0.2) is 65.5 Å². The van der Waals surface area contributed by atoms with E-state index >= 15 is 0 Å². The second-order valence-corrected chi connectivity index (χ2v) is 7.22. The molecule has 0 bridgehead atoms. The molecule has 0 N–H and O–H groups in total. The summed E-state index contributed by atoms with van der Waals surface area (Å²) in [5, 5.41) is 7.75. The fourth-order valence-electron chi connectivity index (χ4n) is 3.57. The molecule has 0 unspecified atom stereocenters. The predicted molar refractivity (Wildman–Crippen MR) is 121 cm³/mol. The van der Waals surface area contributed by atoms with Crippen molar-refractivity contribution in [3.63, 3.8) is 0 Å². The molecule has 1 heterocycles. The Kier molecular flexibility index (Phi) is 5.93. The number of aryl methyl sites for hydroxylation is 2. The van der Waals surface area contributed by atoms with E-state index in [1.165, 1.54) is 9.36 Å². The maximum Gasteiger partial charge on any atom is 0.368 e. The summed E-state index contributed by atoms with van der Waals surface area (Å²) < 4.78 is 19.5. The standard InChI is InChI=1S/C24H24N4O4/c1-16-14-17(18-8-5-6-10-22(18)30-3)12-13-21(16)32-15-19-20(9-7-11-23(19)31-4)28-24(29)27(2)25-26-28/h5-14H,15H2,1-4H3. The number of benzene rings is 3. The van der Waals surface area contributed by atoms with Gasteiger partial charge in [0.05, 0.1) is 25.5 Å². The van der Waals surface area contributed by atoms with Crippen LogP contribution in [0.5, 0.6) is 17.2 Å². The van der Waals surface area contributed by atoms with Crippen LogP contribution >= 0.6 is 0 Å². The lowest BCUT2D eigenvalue weighted by Crippen LogP contribution is -2.23. The van der Waals surface area contributed by atoms with Crippen LogP contribution in [0.2, 0.25) is 0 Å². The van der Waals surface area contributed by atoms with E-state index < -0.39 is 0 Å². The van der Waals surface area contributed by atoms with Crippen molar-refractivity contribution in [3.8, 4) is 34.1 Å². The van der Waals surface area contributed by atoms with Gasteiger partial charge < -0.3 is 14.2 Å². The zero-order valence-electron chi connectivity index (χ0n) is 18.4. The molecule has 1 aromatic heterocycles. The molecule has 0 spiro atoms. The third-order valence-electron chi connectivity index (χ3n) is 5.24. The zero-order valence-corrected chi connectivity index (χ0v) is 18.4. The number of hydrogen-bond acceptors (Lipinski definition) is 6. The van der Waals surface area contributed by atoms with Crippen molar-refractivity contribution < 1.29 is 14.2 Å². The molecule has 8 nitrogen and oxygen atoms in total. The normalized spacial score (nSPS) is 10.8. The van der Waals surface area contributed by atoms with E-state index in [0.29, 0.717) is 17.0 Å². The minimum absolute atomic E-state index is 0.192. The van der Waals surface area contributed by atoms with Gasteiger partial charge in [-0.25, -0.2) is 4.79 Å². The number of methoxy groups -OCH3 is 2. The minimum Gasteiger partial charge on any atom is -0.496 e. The molecule has 0 atom stereocenters. The minimum atomic E-state index is -0.350. The molecule has 0 aliphatic carbocycles. The molecule has 0 saturated carbocycles. The second-order valence-electron chi connectivity index (χ2n) is 7.22. The van der Waals surface area contributed by atoms with Gasteiger partial charge in [0.2, 0.25) is 0 Å². The van der Waals surface area contributed by atoms with Gasteiger partial charge in [0.1, 0.15) is 23.9 Å². The van der Waals surface area contributed by atoms with E-state index in [-0.39, 0.29) is 12.3 Å². The van der Waals surface area contributed by atoms with E-state index in [9.17, 15) is 4.79 Å². The number of aromatic nitrogens is 4. The predicted octanol–water partition coefficient (Wildman–Crippen LogP) is 3.54. The topological polar surface area (TPSA) is 80.4 Å². The molecule has 0 radical (unpaired) electrons. The van der Waals surface area contributed by atoms with Crippen molar-refractivity contribution in [1.82, 2.24) is 19.8 Å². The van der Waals surface area contributed by atoms with Crippen LogP contribution in [-0.4, -0.2) is 34.0 Å². The molecule has 164 valence electrons. The van der Waals surface area contributed by atoms with Gasteiger partial charge >= 0.3 is 5.69 Å². The molecule has 0 aliphatic heterocycles. The van der Waals surface area contributed by atoms with Gasteiger partial charge in [-0.3, -0.25) is 0 Å². The van der Waals surface area contributed by atoms with Crippen LogP contribution in [0.1, 0.15) is 11.1 Å². The van der Waals surface area contributed by atoms with E-state index in [4.69, 9.17) is 14.2 Å². The molecule has 0 aliphatic rings. The first kappa shape index (κ1) is 21.2. The van der Waals surface area contributed by atoms with Crippen molar-refractivity contribution in [2.45, 2.75) is 13.5 Å². The molecule has 3 aromatic carbocycles. The molecule has 8 heteroatoms. The number of para-hydroxylation sites is 1. The van der Waals surface area contributed by atoms with Crippen LogP contribution < -0.4 is 19.9 Å². The van der Waals surface area contributed by atoms with E-state index in [0.717, 1.165) is 28.2 Å². The largest absolute Gasteiger partial charge is 0.496 e. The molecule has 0 fully saturated rings. The highest BCUT2D eigenvalue weighted by Crippen LogP contribution is 2.33. The smallest absolute Gasteiger partial charge is 0.368 e. The number of rotatable bonds is 7. The third-order valence-corrected chi connectivity index (χ3v) is 5.24. The summed E-state index contributed by atoms with van der Waals surface area (Å²) in [6.45, 7) is 2.18. The Hall–Kier alpha value is -4.07. The lowest BCUT2D eigenvalue weighted by molar-refractivity contribution is 0.294. The Balaban J connectivity index is 1.64. The molecule has 32 heavy (non-hydrogen) atoms. The van der Waals surface area contributed by atoms with Gasteiger partial charge in [0.15, 0.2) is 0 Å². The lowest BCUT2D eigenvalue weighted by Gasteiger charge is -2.16. The van der Waals surface area contributed by atoms with Gasteiger partial charge in [-0.05, 0) is 58.8 Å². The third kappa shape index (κ3) is 3.94. The number of nitrogens with zero attached hydrogens (tertiary/aromatic N) is 4. The lowest BCUT2D eigenvalue weighted by atomic mass is 10.0. The highest BCUT2D eigenvalue weighted by molar-refractivity contribution is 5.71. The summed E-state index contributed by atoms with van der Waals surface area (Å²) >= 11 is 0. The van der Waals surface area contributed by atoms with Crippen molar-refractivity contribution in [3.05, 3.63) is 82.3 Å². The molecule has 0 amide bonds. The Labute approximate surface area is 185 Å². The first-order valence-electron chi connectivity index (χ1n) is 10.1. The Morgan fingerprint density at radius 3 is 2.31 bits per heavy atom. The summed E-state index contributed by atoms with van der Waals surface area (Å²) in [5.74, 6) is 2.14. The average Bonchev–Trinajstić information content (AvgIpc) is 3.15. The Bertz CT molecular complexity index is 1310. The first-order chi connectivity index (χ1) is 15.5. The van der Waals surface area contributed by atoms with Crippen molar-refractivity contribution >= 4 is 0 Å². The second kappa shape index (κ2) is 8.97. The van der Waals surface area contributed by atoms with Crippen LogP contribution in [0.25, 0.3) is 16.8 Å². The quantitative estimate of drug-likeness (QED) is 0.444. The zero-order chi connectivity index (χ0) is 22.7. The van der Waals surface area contributed by atoms with Gasteiger partial charge in [-0.1, -0.05) is 30.3 Å². The molecule has 4 aromatic rings. The summed E-state index contributed by atoms with van der Waals surface area (Å²) in [6.07, 6.45) is 0. The summed E-state index contributed by atoms with van der Waals surface area (Å²) in [4.78, 5) is 12.4. The van der Waals surface area contributed by atoms with Crippen LogP contribution in [0, 0.1) is 6.92 Å². The maximum absolute atomic E-state index is 12.4. The van der Waals surface area contributed by atoms with Gasteiger partial charge in [-0.2, -0.15) is 9.36 Å². The van der Waals surface area contributed by atoms with Crippen LogP contribution in [-0.2, 0) is 13.7 Å². The van der Waals surface area contributed by atoms with E-state index in [1.807, 2.05) is 49.4 Å². The SMILES string of the molecule is COc1ccccc1-c1ccc(OCc2c(OC)cccc2-n2nnn(C)c2=O)c(C)c1. The maximum atomic E-state index is 12.4. The van der Waals surface area contributed by atoms with Crippen molar-refractivity contribution in [2.24, 2.45) is 7.05 Å². The number of hydrogen-bond donors (Lipinski definition) is 0. The van der Waals surface area contributed by atoms with E-state index in [1.54, 1.807) is 33.4 Å². The fraction of sp³-hybridized carbons (Fsp3) is 0.208. The Morgan fingerprint density at radius 2 is 1.62 bits per heavy atom. The average molecular weight is 432 g/mol. The van der Waals surface area contributed by atoms with Gasteiger partial charge in [0, 0.05) is 12.6 Å². The first-order valence-corrected chi connectivity index (χ1v) is 10.1. The number of ether oxygens (including phenoxy) is 3. The highest BCUT2D eigenvalue weighted by Gasteiger charge is 2.16. The fourth-order valence-corrected chi connectivity index (χ4v) is 3.57. The summed E-state index contributed by atoms with van der Waals surface area (Å²) in [5.41, 5.74) is 3.94. The number of tetrazole rings is 1. The molecular formula is C24H24N4O4. The van der Waals surface area contributed by atoms with Crippen molar-refractivity contribution in [2.75, 3.05) is 14.2 Å². The molecule has 0 saturated heterocycles. The van der Waals surface area contributed by atoms with Gasteiger partial charge in [-0.15, -0.1) is 0 Å². The molecule has 4 rings (SSSR count). The molecular weight excluding hydrogens is 408 g/mol. The summed E-state index contributed by atoms with van der Waals surface area (Å²) in [7, 11) is 4.79. The van der Waals surface area contributed by atoms with Crippen LogP contribution in [0.3, 0.4) is 0 Å². The highest BCUT2D eigenvalue weighted by atomic mass is 16.5. The van der Waals surface area contributed by atoms with Crippen LogP contribution in [0.4, 0.5) is 0 Å². The van der Waals surface area contributed by atoms with Crippen molar-refractivity contribution in [1.29, 1.82) is 0 Å². The monoisotopic (exact) mass is 432 g/mol. The van der Waals surface area contributed by atoms with Gasteiger partial charge in [0.25, 0.3) is 0 Å². The van der Waals surface area contributed by atoms with E-state index in [2.05, 4.69) is 16.5 Å². The summed E-state index contributed by atoms with van der Waals surface area (Å²) in [6, 6.07) is 19.3.